The number of benzene rings is 2. The number of carbonyl (C=O) groups excluding carboxylic acids is 1. The van der Waals surface area contributed by atoms with Crippen LogP contribution in [0.3, 0.4) is 0 Å². The third kappa shape index (κ3) is 6.05. The highest BCUT2D eigenvalue weighted by Crippen LogP contribution is 2.29. The lowest BCUT2D eigenvalue weighted by Gasteiger charge is -2.20. The molecule has 2 aromatic carbocycles. The topological polar surface area (TPSA) is 114 Å². The highest BCUT2D eigenvalue weighted by Gasteiger charge is 2.16. The van der Waals surface area contributed by atoms with Crippen LogP contribution in [0, 0.1) is 0 Å². The number of amides is 1. The molecule has 0 bridgehead atoms. The van der Waals surface area contributed by atoms with E-state index in [0.717, 1.165) is 10.6 Å². The Morgan fingerprint density at radius 1 is 1.11 bits per heavy atom. The maximum atomic E-state index is 11.9. The molecule has 0 aliphatic carbocycles. The number of nitrogens with one attached hydrogen (secondary N) is 2. The summed E-state index contributed by atoms with van der Waals surface area (Å²) in [7, 11) is -1.91. The largest absolute Gasteiger partial charge is 0.444 e. The summed E-state index contributed by atoms with van der Waals surface area (Å²) in [5, 5.41) is 5.83. The molecule has 0 fully saturated rings. The molecule has 0 radical (unpaired) electrons. The average molecular weight is 407 g/mol. The quantitative estimate of drug-likeness (QED) is 0.652. The Morgan fingerprint density at radius 2 is 1.75 bits per heavy atom. The molecule has 0 saturated carbocycles. The van der Waals surface area contributed by atoms with Crippen molar-refractivity contribution < 1.29 is 17.9 Å². The molecule has 0 aliphatic rings. The highest BCUT2D eigenvalue weighted by molar-refractivity contribution is 7.92. The van der Waals surface area contributed by atoms with Crippen molar-refractivity contribution in [2.24, 2.45) is 0 Å². The van der Waals surface area contributed by atoms with E-state index in [1.165, 1.54) is 7.05 Å². The smallest absolute Gasteiger partial charge is 0.412 e. The van der Waals surface area contributed by atoms with Gasteiger partial charge in [-0.25, -0.2) is 13.2 Å². The van der Waals surface area contributed by atoms with Crippen molar-refractivity contribution in [1.82, 2.24) is 0 Å². The van der Waals surface area contributed by atoms with Crippen LogP contribution in [0.4, 0.5) is 33.2 Å². The third-order valence-corrected chi connectivity index (χ3v) is 4.89. The van der Waals surface area contributed by atoms with Gasteiger partial charge in [0.25, 0.3) is 0 Å². The van der Waals surface area contributed by atoms with Gasteiger partial charge in [0, 0.05) is 18.4 Å². The maximum absolute atomic E-state index is 11.9. The number of rotatable bonds is 5. The molecule has 0 unspecified atom stereocenters. The Labute approximate surface area is 165 Å². The summed E-state index contributed by atoms with van der Waals surface area (Å²) in [4.78, 5) is 11.9. The third-order valence-electron chi connectivity index (χ3n) is 3.68. The van der Waals surface area contributed by atoms with Gasteiger partial charge >= 0.3 is 6.09 Å². The number of hydrogen-bond donors (Lipinski definition) is 3. The molecule has 0 heterocycles. The predicted octanol–water partition coefficient (Wildman–Crippen LogP) is 3.76. The lowest BCUT2D eigenvalue weighted by Crippen LogP contribution is -2.27. The van der Waals surface area contributed by atoms with Gasteiger partial charge in [0.1, 0.15) is 5.60 Å². The summed E-state index contributed by atoms with van der Waals surface area (Å²) >= 11 is 0. The molecule has 9 heteroatoms. The van der Waals surface area contributed by atoms with E-state index in [1.807, 2.05) is 6.07 Å². The number of nitrogen functional groups attached to an aromatic ring is 1. The van der Waals surface area contributed by atoms with Crippen LogP contribution in [0.25, 0.3) is 0 Å². The first-order chi connectivity index (χ1) is 12.8. The molecular weight excluding hydrogens is 380 g/mol. The van der Waals surface area contributed by atoms with Gasteiger partial charge in [-0.2, -0.15) is 0 Å². The van der Waals surface area contributed by atoms with Crippen molar-refractivity contribution in [2.75, 3.05) is 34.0 Å². The van der Waals surface area contributed by atoms with Gasteiger partial charge < -0.3 is 15.8 Å². The van der Waals surface area contributed by atoms with Gasteiger partial charge in [0.15, 0.2) is 0 Å². The first kappa shape index (κ1) is 21.4. The summed E-state index contributed by atoms with van der Waals surface area (Å²) in [6.45, 7) is 5.37. The van der Waals surface area contributed by atoms with E-state index in [0.29, 0.717) is 28.4 Å². The fourth-order valence-corrected chi connectivity index (χ4v) is 2.80. The number of ether oxygens (including phenoxy) is 1. The van der Waals surface area contributed by atoms with E-state index < -0.39 is 21.7 Å². The maximum Gasteiger partial charge on any atom is 0.412 e. The van der Waals surface area contributed by atoms with Crippen LogP contribution in [0.2, 0.25) is 0 Å². The van der Waals surface area contributed by atoms with E-state index in [9.17, 15) is 13.2 Å². The van der Waals surface area contributed by atoms with Crippen LogP contribution >= 0.6 is 0 Å². The van der Waals surface area contributed by atoms with E-state index >= 15 is 0 Å². The molecule has 2 aromatic rings. The molecule has 152 valence electrons. The van der Waals surface area contributed by atoms with Gasteiger partial charge in [-0.15, -0.1) is 0 Å². The molecular formula is C19H26N4O4S. The summed E-state index contributed by atoms with van der Waals surface area (Å²) in [6.07, 6.45) is 0.579. The number of sulfonamides is 1. The van der Waals surface area contributed by atoms with Crippen LogP contribution < -0.4 is 20.7 Å². The van der Waals surface area contributed by atoms with Crippen LogP contribution in [0.5, 0.6) is 0 Å². The Balaban J connectivity index is 2.15. The molecule has 1 amide bonds. The van der Waals surface area contributed by atoms with Gasteiger partial charge in [-0.3, -0.25) is 9.62 Å². The Kier molecular flexibility index (Phi) is 6.08. The van der Waals surface area contributed by atoms with Gasteiger partial charge in [0.2, 0.25) is 10.0 Å². The minimum absolute atomic E-state index is 0.388. The van der Waals surface area contributed by atoms with Crippen molar-refractivity contribution in [3.63, 3.8) is 0 Å². The zero-order valence-corrected chi connectivity index (χ0v) is 17.4. The number of carbonyl (C=O) groups is 1. The number of nitrogens with zero attached hydrogens (tertiary/aromatic N) is 1. The van der Waals surface area contributed by atoms with Crippen LogP contribution in [0.1, 0.15) is 20.8 Å². The molecule has 0 saturated heterocycles. The first-order valence-electron chi connectivity index (χ1n) is 8.56. The summed E-state index contributed by atoms with van der Waals surface area (Å²) < 4.78 is 29.7. The van der Waals surface area contributed by atoms with Gasteiger partial charge in [0.05, 0.1) is 23.3 Å². The minimum Gasteiger partial charge on any atom is -0.444 e. The zero-order chi connectivity index (χ0) is 21.1. The number of anilines is 5. The summed E-state index contributed by atoms with van der Waals surface area (Å²) in [5.41, 5.74) is 8.20. The fraction of sp³-hybridized carbons (Fsp3) is 0.316. The highest BCUT2D eigenvalue weighted by atomic mass is 32.2. The second kappa shape index (κ2) is 7.97. The first-order valence-corrected chi connectivity index (χ1v) is 10.4. The van der Waals surface area contributed by atoms with Crippen LogP contribution in [-0.4, -0.2) is 33.4 Å². The number of nitrogens with two attached hydrogens (primary N) is 1. The standard InChI is InChI=1S/C19H26N4O4S/c1-19(2,3)27-18(24)22-14-8-6-7-13(11-14)21-17-10-9-15(12-16(17)20)23(4)28(5,25)26/h6-12,21H,20H2,1-5H3,(H,22,24). The minimum atomic E-state index is -3.37. The Bertz CT molecular complexity index is 968. The SMILES string of the molecule is CN(c1ccc(Nc2cccc(NC(=O)OC(C)(C)C)c2)c(N)c1)S(C)(=O)=O. The summed E-state index contributed by atoms with van der Waals surface area (Å²) in [5.74, 6) is 0. The predicted molar refractivity (Wildman–Crippen MR) is 114 cm³/mol. The average Bonchev–Trinajstić information content (AvgIpc) is 2.53. The molecule has 0 spiro atoms. The van der Waals surface area contributed by atoms with Gasteiger partial charge in [-0.05, 0) is 57.2 Å². The molecule has 0 atom stereocenters. The second-order valence-electron chi connectivity index (χ2n) is 7.33. The van der Waals surface area contributed by atoms with Crippen molar-refractivity contribution in [3.05, 3.63) is 42.5 Å². The van der Waals surface area contributed by atoms with E-state index in [2.05, 4.69) is 10.6 Å². The van der Waals surface area contributed by atoms with E-state index in [4.69, 9.17) is 10.5 Å². The van der Waals surface area contributed by atoms with Crippen molar-refractivity contribution in [3.8, 4) is 0 Å². The molecule has 2 rings (SSSR count). The summed E-state index contributed by atoms with van der Waals surface area (Å²) in [6, 6.07) is 12.0. The van der Waals surface area contributed by atoms with Crippen molar-refractivity contribution in [1.29, 1.82) is 0 Å². The van der Waals surface area contributed by atoms with Crippen LogP contribution in [0.15, 0.2) is 42.5 Å². The monoisotopic (exact) mass is 406 g/mol. The molecule has 0 aliphatic heterocycles. The Hall–Kier alpha value is -2.94. The number of hydrogen-bond acceptors (Lipinski definition) is 6. The lowest BCUT2D eigenvalue weighted by atomic mass is 10.2. The van der Waals surface area contributed by atoms with E-state index in [1.54, 1.807) is 57.2 Å². The fourth-order valence-electron chi connectivity index (χ4n) is 2.30. The molecule has 28 heavy (non-hydrogen) atoms. The van der Waals surface area contributed by atoms with Gasteiger partial charge in [-0.1, -0.05) is 6.07 Å². The second-order valence-corrected chi connectivity index (χ2v) is 9.35. The molecule has 0 aromatic heterocycles. The zero-order valence-electron chi connectivity index (χ0n) is 16.6. The normalized spacial score (nSPS) is 11.6. The Morgan fingerprint density at radius 3 is 2.32 bits per heavy atom. The van der Waals surface area contributed by atoms with Crippen molar-refractivity contribution >= 4 is 44.6 Å². The molecule has 4 N–H and O–H groups in total. The molecule has 8 nitrogen and oxygen atoms in total. The van der Waals surface area contributed by atoms with E-state index in [-0.39, 0.29) is 0 Å². The lowest BCUT2D eigenvalue weighted by molar-refractivity contribution is 0.0636. The van der Waals surface area contributed by atoms with Crippen LogP contribution in [-0.2, 0) is 14.8 Å². The van der Waals surface area contributed by atoms with Crippen molar-refractivity contribution in [2.45, 2.75) is 26.4 Å².